The lowest BCUT2D eigenvalue weighted by Crippen LogP contribution is -2.36. The van der Waals surface area contributed by atoms with Crippen LogP contribution in [0.4, 0.5) is 10.5 Å². The number of para-hydroxylation sites is 1. The Morgan fingerprint density at radius 3 is 2.58 bits per heavy atom. The largest absolute Gasteiger partial charge is 0.457 e. The molecule has 1 aromatic heterocycles. The van der Waals surface area contributed by atoms with Gasteiger partial charge in [0.2, 0.25) is 5.91 Å². The summed E-state index contributed by atoms with van der Waals surface area (Å²) in [4.78, 5) is 38.2. The normalized spacial score (nSPS) is 15.0. The van der Waals surface area contributed by atoms with Crippen LogP contribution in [-0.4, -0.2) is 28.5 Å². The van der Waals surface area contributed by atoms with E-state index in [0.717, 1.165) is 16.7 Å². The van der Waals surface area contributed by atoms with Crippen molar-refractivity contribution >= 4 is 63.8 Å². The minimum atomic E-state index is -0.558. The second-order valence-corrected chi connectivity index (χ2v) is 8.26. The van der Waals surface area contributed by atoms with Crippen LogP contribution in [-0.2, 0) is 9.59 Å². The number of carbonyl (C=O) groups is 3. The van der Waals surface area contributed by atoms with Crippen molar-refractivity contribution in [1.29, 1.82) is 0 Å². The van der Waals surface area contributed by atoms with Crippen molar-refractivity contribution < 1.29 is 18.8 Å². The number of nitrogens with zero attached hydrogens (tertiary/aromatic N) is 1. The molecule has 1 aliphatic heterocycles. The molecule has 0 atom stereocenters. The van der Waals surface area contributed by atoms with E-state index in [2.05, 4.69) is 5.32 Å². The molecule has 6 nitrogen and oxygen atoms in total. The minimum absolute atomic E-state index is 0.163. The molecule has 0 unspecified atom stereocenters. The van der Waals surface area contributed by atoms with E-state index in [-0.39, 0.29) is 11.4 Å². The molecule has 0 saturated carbocycles. The molecule has 3 amide bonds. The number of benzene rings is 2. The lowest BCUT2D eigenvalue weighted by Gasteiger charge is -2.12. The first kappa shape index (κ1) is 21.2. The average molecular weight is 473 g/mol. The monoisotopic (exact) mass is 472 g/mol. The highest BCUT2D eigenvalue weighted by Crippen LogP contribution is 2.36. The van der Waals surface area contributed by atoms with E-state index in [9.17, 15) is 14.4 Å². The van der Waals surface area contributed by atoms with Crippen LogP contribution in [0.2, 0.25) is 10.0 Å². The van der Waals surface area contributed by atoms with E-state index in [1.165, 1.54) is 6.08 Å². The fourth-order valence-electron chi connectivity index (χ4n) is 2.90. The second kappa shape index (κ2) is 9.01. The molecule has 2 aromatic carbocycles. The van der Waals surface area contributed by atoms with Crippen LogP contribution in [0.15, 0.2) is 70.0 Å². The highest BCUT2D eigenvalue weighted by molar-refractivity contribution is 8.18. The van der Waals surface area contributed by atoms with Crippen molar-refractivity contribution in [3.05, 3.63) is 81.4 Å². The van der Waals surface area contributed by atoms with Crippen LogP contribution < -0.4 is 5.32 Å². The van der Waals surface area contributed by atoms with E-state index in [0.29, 0.717) is 32.8 Å². The van der Waals surface area contributed by atoms with Crippen LogP contribution >= 0.6 is 35.0 Å². The lowest BCUT2D eigenvalue weighted by molar-refractivity contribution is -0.127. The number of halogens is 2. The number of amides is 3. The molecular formula is C22H14Cl2N2O4S. The third-order valence-electron chi connectivity index (χ3n) is 4.35. The minimum Gasteiger partial charge on any atom is -0.457 e. The Morgan fingerprint density at radius 1 is 1.03 bits per heavy atom. The Hall–Kier alpha value is -3.00. The van der Waals surface area contributed by atoms with Gasteiger partial charge in [-0.1, -0.05) is 47.5 Å². The molecule has 9 heteroatoms. The lowest BCUT2D eigenvalue weighted by atomic mass is 10.2. The van der Waals surface area contributed by atoms with Gasteiger partial charge in [0.1, 0.15) is 18.1 Å². The van der Waals surface area contributed by atoms with Crippen LogP contribution in [0, 0.1) is 0 Å². The van der Waals surface area contributed by atoms with Crippen molar-refractivity contribution in [2.45, 2.75) is 0 Å². The van der Waals surface area contributed by atoms with Crippen molar-refractivity contribution in [3.8, 4) is 11.3 Å². The Morgan fingerprint density at radius 2 is 1.81 bits per heavy atom. The van der Waals surface area contributed by atoms with Gasteiger partial charge in [-0.15, -0.1) is 0 Å². The van der Waals surface area contributed by atoms with Crippen LogP contribution in [0.1, 0.15) is 5.76 Å². The van der Waals surface area contributed by atoms with Gasteiger partial charge >= 0.3 is 0 Å². The maximum absolute atomic E-state index is 12.6. The van der Waals surface area contributed by atoms with Crippen LogP contribution in [0.3, 0.4) is 0 Å². The molecule has 1 aliphatic rings. The maximum Gasteiger partial charge on any atom is 0.294 e. The third kappa shape index (κ3) is 4.69. The molecule has 31 heavy (non-hydrogen) atoms. The van der Waals surface area contributed by atoms with Gasteiger partial charge < -0.3 is 9.73 Å². The fraction of sp³-hybridized carbons (Fsp3) is 0.0455. The van der Waals surface area contributed by atoms with Crippen molar-refractivity contribution in [1.82, 2.24) is 4.90 Å². The number of hydrogen-bond donors (Lipinski definition) is 1. The summed E-state index contributed by atoms with van der Waals surface area (Å²) in [7, 11) is 0. The standard InChI is InChI=1S/C22H14Cl2N2O4S/c23-16-8-4-7-15(20(16)24)17-10-9-14(30-17)11-18-21(28)26(22(29)31-18)12-19(27)25-13-5-2-1-3-6-13/h1-11H,12H2,(H,25,27). The van der Waals surface area contributed by atoms with Gasteiger partial charge in [-0.2, -0.15) is 0 Å². The first-order valence-electron chi connectivity index (χ1n) is 9.07. The average Bonchev–Trinajstić information content (AvgIpc) is 3.31. The number of imide groups is 1. The zero-order valence-electron chi connectivity index (χ0n) is 15.8. The number of furan rings is 1. The third-order valence-corrected chi connectivity index (χ3v) is 6.08. The van der Waals surface area contributed by atoms with Gasteiger partial charge in [-0.05, 0) is 48.2 Å². The molecule has 3 aromatic rings. The summed E-state index contributed by atoms with van der Waals surface area (Å²) < 4.78 is 5.75. The summed E-state index contributed by atoms with van der Waals surface area (Å²) in [5.41, 5.74) is 1.19. The molecule has 0 spiro atoms. The molecule has 1 N–H and O–H groups in total. The summed E-state index contributed by atoms with van der Waals surface area (Å²) in [5.74, 6) is -0.187. The van der Waals surface area contributed by atoms with Crippen molar-refractivity contribution in [2.24, 2.45) is 0 Å². The maximum atomic E-state index is 12.6. The Balaban J connectivity index is 1.48. The van der Waals surface area contributed by atoms with E-state index in [1.54, 1.807) is 54.6 Å². The van der Waals surface area contributed by atoms with Gasteiger partial charge in [0.05, 0.1) is 15.0 Å². The smallest absolute Gasteiger partial charge is 0.294 e. The van der Waals surface area contributed by atoms with Crippen LogP contribution in [0.5, 0.6) is 0 Å². The van der Waals surface area contributed by atoms with Gasteiger partial charge in [0.15, 0.2) is 0 Å². The Kier molecular flexibility index (Phi) is 6.18. The van der Waals surface area contributed by atoms with E-state index in [4.69, 9.17) is 27.6 Å². The number of hydrogen-bond acceptors (Lipinski definition) is 5. The molecule has 4 rings (SSSR count). The Bertz CT molecular complexity index is 1210. The molecule has 0 radical (unpaired) electrons. The first-order valence-corrected chi connectivity index (χ1v) is 10.6. The highest BCUT2D eigenvalue weighted by atomic mass is 35.5. The van der Waals surface area contributed by atoms with Gasteiger partial charge in [0, 0.05) is 17.3 Å². The predicted octanol–water partition coefficient (Wildman–Crippen LogP) is 5.93. The predicted molar refractivity (Wildman–Crippen MR) is 122 cm³/mol. The SMILES string of the molecule is O=C(CN1C(=O)SC(=Cc2ccc(-c3cccc(Cl)c3Cl)o2)C1=O)Nc1ccccc1. The van der Waals surface area contributed by atoms with Crippen LogP contribution in [0.25, 0.3) is 17.4 Å². The molecule has 1 saturated heterocycles. The van der Waals surface area contributed by atoms with Gasteiger partial charge in [-0.25, -0.2) is 0 Å². The molecular weight excluding hydrogens is 459 g/mol. The van der Waals surface area contributed by atoms with E-state index < -0.39 is 17.1 Å². The van der Waals surface area contributed by atoms with Crippen molar-refractivity contribution in [3.63, 3.8) is 0 Å². The van der Waals surface area contributed by atoms with Crippen molar-refractivity contribution in [2.75, 3.05) is 11.9 Å². The van der Waals surface area contributed by atoms with E-state index >= 15 is 0 Å². The Labute approximate surface area is 191 Å². The molecule has 2 heterocycles. The zero-order valence-corrected chi connectivity index (χ0v) is 18.1. The summed E-state index contributed by atoms with van der Waals surface area (Å²) in [6, 6.07) is 17.3. The summed E-state index contributed by atoms with van der Waals surface area (Å²) >= 11 is 13.0. The first-order chi connectivity index (χ1) is 14.9. The second-order valence-electron chi connectivity index (χ2n) is 6.49. The zero-order chi connectivity index (χ0) is 22.0. The summed E-state index contributed by atoms with van der Waals surface area (Å²) in [5, 5.41) is 2.88. The number of anilines is 1. The number of carbonyl (C=O) groups excluding carboxylic acids is 3. The fourth-order valence-corrected chi connectivity index (χ4v) is 4.11. The molecule has 156 valence electrons. The van der Waals surface area contributed by atoms with Gasteiger partial charge in [-0.3, -0.25) is 19.3 Å². The quantitative estimate of drug-likeness (QED) is 0.465. The topological polar surface area (TPSA) is 79.6 Å². The highest BCUT2D eigenvalue weighted by Gasteiger charge is 2.36. The van der Waals surface area contributed by atoms with E-state index in [1.807, 2.05) is 6.07 Å². The number of thioether (sulfide) groups is 1. The number of rotatable bonds is 5. The molecule has 0 aliphatic carbocycles. The summed E-state index contributed by atoms with van der Waals surface area (Å²) in [6.45, 7) is -0.377. The summed E-state index contributed by atoms with van der Waals surface area (Å²) in [6.07, 6.45) is 1.46. The molecule has 1 fully saturated rings. The molecule has 0 bridgehead atoms. The number of nitrogens with one attached hydrogen (secondary N) is 1. The van der Waals surface area contributed by atoms with Gasteiger partial charge in [0.25, 0.3) is 11.1 Å².